The van der Waals surface area contributed by atoms with Crippen molar-refractivity contribution in [3.8, 4) is 5.75 Å². The lowest BCUT2D eigenvalue weighted by Crippen LogP contribution is -2.26. The number of para-hydroxylation sites is 1. The van der Waals surface area contributed by atoms with Gasteiger partial charge in [-0.2, -0.15) is 5.10 Å². The number of carbonyl (C=O) groups excluding carboxylic acids is 2. The molecule has 0 saturated heterocycles. The molecule has 0 fully saturated rings. The van der Waals surface area contributed by atoms with Gasteiger partial charge in [0.1, 0.15) is 10.6 Å². The van der Waals surface area contributed by atoms with Gasteiger partial charge in [-0.3, -0.25) is 4.79 Å². The van der Waals surface area contributed by atoms with Crippen molar-refractivity contribution in [1.82, 2.24) is 5.43 Å². The molecule has 0 aliphatic rings. The van der Waals surface area contributed by atoms with Crippen LogP contribution in [0.4, 0.5) is 5.69 Å². The first-order valence-corrected chi connectivity index (χ1v) is 9.47. The van der Waals surface area contributed by atoms with Crippen molar-refractivity contribution in [2.75, 3.05) is 11.9 Å². The number of thiophene rings is 1. The molecule has 1 amide bonds. The molecule has 0 aliphatic heterocycles. The van der Waals surface area contributed by atoms with E-state index in [0.29, 0.717) is 10.6 Å². The summed E-state index contributed by atoms with van der Waals surface area (Å²) >= 11 is 1.33. The molecule has 0 aliphatic carbocycles. The number of hydrogen-bond donors (Lipinski definition) is 2. The first kappa shape index (κ1) is 19.3. The van der Waals surface area contributed by atoms with Crippen molar-refractivity contribution in [2.24, 2.45) is 5.10 Å². The lowest BCUT2D eigenvalue weighted by atomic mass is 10.2. The summed E-state index contributed by atoms with van der Waals surface area (Å²) in [6.45, 7) is 2.10. The molecule has 6 nitrogen and oxygen atoms in total. The highest BCUT2D eigenvalue weighted by atomic mass is 32.1. The molecule has 3 rings (SSSR count). The van der Waals surface area contributed by atoms with Crippen LogP contribution < -0.4 is 15.5 Å². The van der Waals surface area contributed by atoms with Gasteiger partial charge in [0.15, 0.2) is 0 Å². The Kier molecular flexibility index (Phi) is 6.54. The van der Waals surface area contributed by atoms with Crippen molar-refractivity contribution in [3.63, 3.8) is 0 Å². The molecule has 1 heterocycles. The third-order valence-corrected chi connectivity index (χ3v) is 4.65. The van der Waals surface area contributed by atoms with E-state index < -0.39 is 0 Å². The molecule has 0 radical (unpaired) electrons. The topological polar surface area (TPSA) is 79.8 Å². The largest absolute Gasteiger partial charge is 0.422 e. The number of nitrogens with zero attached hydrogens (tertiary/aromatic N) is 1. The maximum Gasteiger partial charge on any atom is 0.353 e. The Morgan fingerprint density at radius 2 is 1.86 bits per heavy atom. The van der Waals surface area contributed by atoms with E-state index in [0.717, 1.165) is 16.8 Å². The van der Waals surface area contributed by atoms with E-state index in [9.17, 15) is 9.59 Å². The third-order valence-electron chi connectivity index (χ3n) is 3.80. The number of anilines is 1. The van der Waals surface area contributed by atoms with Crippen LogP contribution in [0.25, 0.3) is 0 Å². The first-order valence-electron chi connectivity index (χ1n) is 8.59. The molecule has 7 heteroatoms. The Morgan fingerprint density at radius 3 is 2.57 bits per heavy atom. The molecule has 2 aromatic carbocycles. The Hall–Kier alpha value is -3.45. The van der Waals surface area contributed by atoms with Crippen LogP contribution in [-0.4, -0.2) is 24.6 Å². The zero-order chi connectivity index (χ0) is 19.8. The van der Waals surface area contributed by atoms with Gasteiger partial charge in [0.05, 0.1) is 12.8 Å². The van der Waals surface area contributed by atoms with Gasteiger partial charge in [-0.25, -0.2) is 10.2 Å². The van der Waals surface area contributed by atoms with E-state index in [1.165, 1.54) is 17.6 Å². The van der Waals surface area contributed by atoms with Crippen LogP contribution >= 0.6 is 11.3 Å². The molecule has 28 heavy (non-hydrogen) atoms. The second-order valence-corrected chi connectivity index (χ2v) is 6.85. The van der Waals surface area contributed by atoms with Crippen molar-refractivity contribution < 1.29 is 14.3 Å². The summed E-state index contributed by atoms with van der Waals surface area (Å²) < 4.78 is 5.29. The summed E-state index contributed by atoms with van der Waals surface area (Å²) in [5.74, 6) is -0.187. The molecule has 3 aromatic rings. The van der Waals surface area contributed by atoms with Crippen LogP contribution in [0.15, 0.2) is 71.1 Å². The van der Waals surface area contributed by atoms with Gasteiger partial charge in [-0.1, -0.05) is 24.3 Å². The Bertz CT molecular complexity index is 967. The lowest BCUT2D eigenvalue weighted by Gasteiger charge is -2.07. The lowest BCUT2D eigenvalue weighted by molar-refractivity contribution is -0.119. The van der Waals surface area contributed by atoms with Gasteiger partial charge in [0.2, 0.25) is 0 Å². The van der Waals surface area contributed by atoms with Gasteiger partial charge in [0, 0.05) is 5.69 Å². The van der Waals surface area contributed by atoms with Gasteiger partial charge in [-0.15, -0.1) is 11.3 Å². The van der Waals surface area contributed by atoms with E-state index in [2.05, 4.69) is 15.8 Å². The molecule has 2 N–H and O–H groups in total. The summed E-state index contributed by atoms with van der Waals surface area (Å²) in [5.41, 5.74) is 5.22. The fourth-order valence-corrected chi connectivity index (χ4v) is 2.94. The number of amides is 1. The number of ether oxygens (including phenoxy) is 1. The van der Waals surface area contributed by atoms with E-state index in [1.807, 2.05) is 36.6 Å². The zero-order valence-corrected chi connectivity index (χ0v) is 16.0. The van der Waals surface area contributed by atoms with E-state index in [-0.39, 0.29) is 18.4 Å². The highest BCUT2D eigenvalue weighted by molar-refractivity contribution is 7.12. The summed E-state index contributed by atoms with van der Waals surface area (Å²) in [5, 5.41) is 8.82. The smallest absolute Gasteiger partial charge is 0.353 e. The summed E-state index contributed by atoms with van der Waals surface area (Å²) in [6, 6.07) is 18.1. The molecular weight excluding hydrogens is 374 g/mol. The predicted molar refractivity (Wildman–Crippen MR) is 111 cm³/mol. The normalized spacial score (nSPS) is 10.6. The van der Waals surface area contributed by atoms with Crippen molar-refractivity contribution in [2.45, 2.75) is 6.92 Å². The highest BCUT2D eigenvalue weighted by Crippen LogP contribution is 2.16. The zero-order valence-electron chi connectivity index (χ0n) is 15.2. The van der Waals surface area contributed by atoms with Crippen LogP contribution in [0.3, 0.4) is 0 Å². The second kappa shape index (κ2) is 9.48. The van der Waals surface area contributed by atoms with Gasteiger partial charge in [-0.05, 0) is 59.8 Å². The SMILES string of the molecule is Cc1ccccc1NCC(=O)N/N=C/c1ccc(OC(=O)c2cccs2)cc1. The van der Waals surface area contributed by atoms with E-state index in [1.54, 1.807) is 36.4 Å². The molecule has 0 unspecified atom stereocenters. The van der Waals surface area contributed by atoms with Gasteiger partial charge >= 0.3 is 5.97 Å². The van der Waals surface area contributed by atoms with Gasteiger partial charge in [0.25, 0.3) is 5.91 Å². The molecule has 142 valence electrons. The summed E-state index contributed by atoms with van der Waals surface area (Å²) in [7, 11) is 0. The molecule has 1 aromatic heterocycles. The van der Waals surface area contributed by atoms with Crippen molar-refractivity contribution >= 4 is 35.1 Å². The number of carbonyl (C=O) groups is 2. The van der Waals surface area contributed by atoms with E-state index >= 15 is 0 Å². The minimum Gasteiger partial charge on any atom is -0.422 e. The first-order chi connectivity index (χ1) is 13.6. The number of hydrogen-bond acceptors (Lipinski definition) is 6. The van der Waals surface area contributed by atoms with Crippen molar-refractivity contribution in [3.05, 3.63) is 82.0 Å². The number of benzene rings is 2. The third kappa shape index (κ3) is 5.52. The summed E-state index contributed by atoms with van der Waals surface area (Å²) in [6.07, 6.45) is 1.52. The standard InChI is InChI=1S/C21H19N3O3S/c1-15-5-2-3-6-18(15)22-14-20(25)24-23-13-16-8-10-17(11-9-16)27-21(26)19-7-4-12-28-19/h2-13,22H,14H2,1H3,(H,24,25)/b23-13+. The Morgan fingerprint density at radius 1 is 1.07 bits per heavy atom. The summed E-state index contributed by atoms with van der Waals surface area (Å²) in [4.78, 5) is 24.3. The van der Waals surface area contributed by atoms with Crippen LogP contribution in [0, 0.1) is 6.92 Å². The maximum absolute atomic E-state index is 11.9. The minimum atomic E-state index is -0.384. The fourth-order valence-electron chi connectivity index (χ4n) is 2.34. The number of nitrogens with one attached hydrogen (secondary N) is 2. The monoisotopic (exact) mass is 393 g/mol. The molecule has 0 saturated carbocycles. The highest BCUT2D eigenvalue weighted by Gasteiger charge is 2.09. The predicted octanol–water partition coefficient (Wildman–Crippen LogP) is 3.84. The van der Waals surface area contributed by atoms with Crippen LogP contribution in [0.5, 0.6) is 5.75 Å². The average Bonchev–Trinajstić information content (AvgIpc) is 3.24. The number of aryl methyl sites for hydroxylation is 1. The van der Waals surface area contributed by atoms with E-state index in [4.69, 9.17) is 4.74 Å². The second-order valence-electron chi connectivity index (χ2n) is 5.90. The minimum absolute atomic E-state index is 0.125. The van der Waals surface area contributed by atoms with Gasteiger partial charge < -0.3 is 10.1 Å². The fraction of sp³-hybridized carbons (Fsp3) is 0.0952. The van der Waals surface area contributed by atoms with Crippen molar-refractivity contribution in [1.29, 1.82) is 0 Å². The average molecular weight is 393 g/mol. The maximum atomic E-state index is 11.9. The molecule has 0 bridgehead atoms. The molecule has 0 atom stereocenters. The van der Waals surface area contributed by atoms with Crippen LogP contribution in [0.2, 0.25) is 0 Å². The Balaban J connectivity index is 1.46. The Labute approximate surface area is 166 Å². The number of esters is 1. The number of hydrazone groups is 1. The molecular formula is C21H19N3O3S. The molecule has 0 spiro atoms. The number of rotatable bonds is 7. The quantitative estimate of drug-likeness (QED) is 0.277. The van der Waals surface area contributed by atoms with Crippen LogP contribution in [0.1, 0.15) is 20.8 Å². The van der Waals surface area contributed by atoms with Crippen LogP contribution in [-0.2, 0) is 4.79 Å².